The molecular formula is C20H18FN5OS. The van der Waals surface area contributed by atoms with Crippen LogP contribution in [0.1, 0.15) is 17.1 Å². The Morgan fingerprint density at radius 1 is 1.21 bits per heavy atom. The molecule has 6 nitrogen and oxygen atoms in total. The van der Waals surface area contributed by atoms with Gasteiger partial charge in [0.25, 0.3) is 5.91 Å². The van der Waals surface area contributed by atoms with Gasteiger partial charge >= 0.3 is 0 Å². The molecule has 0 atom stereocenters. The van der Waals surface area contributed by atoms with E-state index in [1.54, 1.807) is 27.9 Å². The molecule has 1 aromatic carbocycles. The number of carbonyl (C=O) groups excluding carboxylic acids is 1. The third kappa shape index (κ3) is 3.63. The van der Waals surface area contributed by atoms with Crippen molar-refractivity contribution in [2.75, 3.05) is 4.90 Å². The van der Waals surface area contributed by atoms with Gasteiger partial charge in [0.05, 0.1) is 22.6 Å². The molecule has 4 aromatic rings. The molecule has 3 aromatic heterocycles. The molecule has 0 aliphatic heterocycles. The topological polar surface area (TPSA) is 63.9 Å². The van der Waals surface area contributed by atoms with Crippen molar-refractivity contribution in [2.45, 2.75) is 26.9 Å². The van der Waals surface area contributed by atoms with Crippen molar-refractivity contribution in [3.05, 3.63) is 71.6 Å². The minimum atomic E-state index is -0.399. The lowest BCUT2D eigenvalue weighted by atomic mass is 10.3. The molecule has 4 rings (SSSR count). The molecule has 0 aliphatic carbocycles. The van der Waals surface area contributed by atoms with Crippen molar-refractivity contribution in [3.8, 4) is 0 Å². The molecule has 0 saturated heterocycles. The molecule has 0 radical (unpaired) electrons. The van der Waals surface area contributed by atoms with E-state index in [2.05, 4.69) is 15.1 Å². The van der Waals surface area contributed by atoms with Crippen LogP contribution in [0, 0.1) is 19.7 Å². The van der Waals surface area contributed by atoms with Crippen molar-refractivity contribution in [2.24, 2.45) is 0 Å². The predicted octanol–water partition coefficient (Wildman–Crippen LogP) is 3.88. The van der Waals surface area contributed by atoms with Crippen LogP contribution in [0.15, 0.2) is 48.7 Å². The average molecular weight is 395 g/mol. The van der Waals surface area contributed by atoms with Crippen LogP contribution in [0.5, 0.6) is 0 Å². The van der Waals surface area contributed by atoms with Crippen molar-refractivity contribution >= 4 is 32.6 Å². The Morgan fingerprint density at radius 3 is 2.75 bits per heavy atom. The normalized spacial score (nSPS) is 11.1. The number of aryl methyl sites for hydroxylation is 2. The summed E-state index contributed by atoms with van der Waals surface area (Å²) in [5, 5.41) is 4.81. The first-order valence-corrected chi connectivity index (χ1v) is 9.59. The van der Waals surface area contributed by atoms with Crippen LogP contribution < -0.4 is 4.90 Å². The third-order valence-corrected chi connectivity index (χ3v) is 5.37. The maximum Gasteiger partial charge on any atom is 0.250 e. The van der Waals surface area contributed by atoms with Gasteiger partial charge in [-0.25, -0.2) is 9.37 Å². The highest BCUT2D eigenvalue weighted by atomic mass is 32.1. The van der Waals surface area contributed by atoms with Crippen LogP contribution in [0.2, 0.25) is 0 Å². The molecule has 0 fully saturated rings. The van der Waals surface area contributed by atoms with E-state index in [1.165, 1.54) is 17.4 Å². The van der Waals surface area contributed by atoms with Crippen LogP contribution in [-0.2, 0) is 17.9 Å². The first kappa shape index (κ1) is 18.2. The minimum Gasteiger partial charge on any atom is -0.280 e. The highest BCUT2D eigenvalue weighted by Crippen LogP contribution is 2.31. The van der Waals surface area contributed by atoms with E-state index in [1.807, 2.05) is 38.1 Å². The number of thiazole rings is 1. The van der Waals surface area contributed by atoms with E-state index < -0.39 is 5.82 Å². The van der Waals surface area contributed by atoms with Gasteiger partial charge in [0.1, 0.15) is 17.9 Å². The van der Waals surface area contributed by atoms with Crippen molar-refractivity contribution in [3.63, 3.8) is 0 Å². The molecular weight excluding hydrogens is 377 g/mol. The third-order valence-electron chi connectivity index (χ3n) is 4.33. The summed E-state index contributed by atoms with van der Waals surface area (Å²) in [6.45, 7) is 4.12. The van der Waals surface area contributed by atoms with Crippen LogP contribution >= 0.6 is 11.3 Å². The molecule has 0 spiro atoms. The maximum atomic E-state index is 14.1. The number of pyridine rings is 1. The first-order valence-electron chi connectivity index (χ1n) is 8.77. The molecule has 3 heterocycles. The number of aromatic nitrogens is 4. The van der Waals surface area contributed by atoms with Gasteiger partial charge < -0.3 is 0 Å². The lowest BCUT2D eigenvalue weighted by Gasteiger charge is -2.20. The molecule has 142 valence electrons. The van der Waals surface area contributed by atoms with E-state index in [4.69, 9.17) is 0 Å². The second-order valence-electron chi connectivity index (χ2n) is 6.47. The van der Waals surface area contributed by atoms with Gasteiger partial charge in [0.2, 0.25) is 0 Å². The van der Waals surface area contributed by atoms with Gasteiger partial charge in [0, 0.05) is 11.9 Å². The van der Waals surface area contributed by atoms with Crippen molar-refractivity contribution in [1.29, 1.82) is 0 Å². The molecule has 0 N–H and O–H groups in total. The maximum absolute atomic E-state index is 14.1. The molecule has 1 amide bonds. The number of para-hydroxylation sites is 1. The SMILES string of the molecule is Cc1cc(C)n(CC(=O)N(Cc2ccccn2)c2nc3c(F)cccc3s2)n1. The van der Waals surface area contributed by atoms with Gasteiger partial charge in [-0.1, -0.05) is 23.5 Å². The van der Waals surface area contributed by atoms with E-state index in [0.717, 1.165) is 17.1 Å². The van der Waals surface area contributed by atoms with Crippen LogP contribution in [-0.4, -0.2) is 25.7 Å². The van der Waals surface area contributed by atoms with Crippen LogP contribution in [0.25, 0.3) is 10.2 Å². The lowest BCUT2D eigenvalue weighted by Crippen LogP contribution is -2.34. The fraction of sp³-hybridized carbons (Fsp3) is 0.200. The van der Waals surface area contributed by atoms with Gasteiger partial charge in [-0.15, -0.1) is 0 Å². The summed E-state index contributed by atoms with van der Waals surface area (Å²) in [6, 6.07) is 12.3. The molecule has 0 aliphatic rings. The molecule has 8 heteroatoms. The predicted molar refractivity (Wildman–Crippen MR) is 107 cm³/mol. The smallest absolute Gasteiger partial charge is 0.250 e. The van der Waals surface area contributed by atoms with E-state index >= 15 is 0 Å². The zero-order chi connectivity index (χ0) is 19.7. The van der Waals surface area contributed by atoms with Gasteiger partial charge in [-0.05, 0) is 44.2 Å². The first-order chi connectivity index (χ1) is 13.5. The summed E-state index contributed by atoms with van der Waals surface area (Å²) in [4.78, 5) is 23.4. The Balaban J connectivity index is 1.71. The number of halogens is 1. The van der Waals surface area contributed by atoms with E-state index in [9.17, 15) is 9.18 Å². The largest absolute Gasteiger partial charge is 0.280 e. The molecule has 0 saturated carbocycles. The molecule has 28 heavy (non-hydrogen) atoms. The Bertz CT molecular complexity index is 1140. The van der Waals surface area contributed by atoms with E-state index in [-0.39, 0.29) is 24.5 Å². The summed E-state index contributed by atoms with van der Waals surface area (Å²) in [7, 11) is 0. The zero-order valence-corrected chi connectivity index (χ0v) is 16.3. The Morgan fingerprint density at radius 2 is 2.07 bits per heavy atom. The Labute approximate surface area is 165 Å². The number of nitrogens with zero attached hydrogens (tertiary/aromatic N) is 5. The number of hydrogen-bond acceptors (Lipinski definition) is 5. The summed E-state index contributed by atoms with van der Waals surface area (Å²) in [5.74, 6) is -0.583. The van der Waals surface area contributed by atoms with Crippen molar-refractivity contribution in [1.82, 2.24) is 19.7 Å². The zero-order valence-electron chi connectivity index (χ0n) is 15.5. The Kier molecular flexibility index (Phi) is 4.87. The number of amides is 1. The number of carbonyl (C=O) groups is 1. The van der Waals surface area contributed by atoms with E-state index in [0.29, 0.717) is 9.83 Å². The highest BCUT2D eigenvalue weighted by molar-refractivity contribution is 7.22. The fourth-order valence-electron chi connectivity index (χ4n) is 2.98. The van der Waals surface area contributed by atoms with Gasteiger partial charge in [0.15, 0.2) is 5.13 Å². The van der Waals surface area contributed by atoms with Crippen LogP contribution in [0.3, 0.4) is 0 Å². The second-order valence-corrected chi connectivity index (χ2v) is 7.48. The monoisotopic (exact) mass is 395 g/mol. The standard InChI is InChI=1S/C20H18FN5OS/c1-13-10-14(2)26(24-13)12-18(27)25(11-15-6-3-4-9-22-15)20-23-19-16(21)7-5-8-17(19)28-20/h3-10H,11-12H2,1-2H3. The number of hydrogen-bond donors (Lipinski definition) is 0. The van der Waals surface area contributed by atoms with Crippen LogP contribution in [0.4, 0.5) is 9.52 Å². The number of anilines is 1. The minimum absolute atomic E-state index is 0.0743. The molecule has 0 bridgehead atoms. The number of fused-ring (bicyclic) bond motifs is 1. The Hall–Kier alpha value is -3.13. The quantitative estimate of drug-likeness (QED) is 0.514. The number of benzene rings is 1. The van der Waals surface area contributed by atoms with Gasteiger partial charge in [-0.2, -0.15) is 5.10 Å². The molecule has 0 unspecified atom stereocenters. The fourth-order valence-corrected chi connectivity index (χ4v) is 3.98. The lowest BCUT2D eigenvalue weighted by molar-refractivity contribution is -0.119. The second kappa shape index (κ2) is 7.47. The summed E-state index contributed by atoms with van der Waals surface area (Å²) in [6.07, 6.45) is 1.68. The summed E-state index contributed by atoms with van der Waals surface area (Å²) >= 11 is 1.28. The average Bonchev–Trinajstić information content (AvgIpc) is 3.24. The highest BCUT2D eigenvalue weighted by Gasteiger charge is 2.22. The summed E-state index contributed by atoms with van der Waals surface area (Å²) < 4.78 is 16.5. The summed E-state index contributed by atoms with van der Waals surface area (Å²) in [5.41, 5.74) is 2.75. The van der Waals surface area contributed by atoms with Crippen molar-refractivity contribution < 1.29 is 9.18 Å². The number of rotatable bonds is 5. The van der Waals surface area contributed by atoms with Gasteiger partial charge in [-0.3, -0.25) is 19.4 Å².